The number of nitrogens with one attached hydrogen (secondary N) is 2. The highest BCUT2D eigenvalue weighted by molar-refractivity contribution is 5.77. The van der Waals surface area contributed by atoms with Crippen LogP contribution in [-0.2, 0) is 17.9 Å². The van der Waals surface area contributed by atoms with Gasteiger partial charge >= 0.3 is 0 Å². The molecule has 1 amide bonds. The lowest BCUT2D eigenvalue weighted by Gasteiger charge is -2.07. The van der Waals surface area contributed by atoms with E-state index in [1.165, 1.54) is 0 Å². The van der Waals surface area contributed by atoms with E-state index in [2.05, 4.69) is 15.6 Å². The van der Waals surface area contributed by atoms with Gasteiger partial charge in [-0.1, -0.05) is 36.4 Å². The van der Waals surface area contributed by atoms with E-state index in [9.17, 15) is 4.79 Å². The lowest BCUT2D eigenvalue weighted by atomic mass is 10.2. The van der Waals surface area contributed by atoms with E-state index in [1.807, 2.05) is 55.6 Å². The first-order chi connectivity index (χ1) is 9.74. The predicted octanol–water partition coefficient (Wildman–Crippen LogP) is 1.80. The van der Waals surface area contributed by atoms with Crippen LogP contribution in [-0.4, -0.2) is 17.4 Å². The summed E-state index contributed by atoms with van der Waals surface area (Å²) in [5.74, 6) is -0.00563. The molecule has 2 aromatic rings. The van der Waals surface area contributed by atoms with Gasteiger partial charge in [-0.15, -0.1) is 0 Å². The molecule has 1 aromatic heterocycles. The number of carbonyl (C=O) groups is 1. The highest BCUT2D eigenvalue weighted by Crippen LogP contribution is 1.98. The van der Waals surface area contributed by atoms with Crippen molar-refractivity contribution in [2.45, 2.75) is 20.0 Å². The minimum absolute atomic E-state index is 0.00563. The lowest BCUT2D eigenvalue weighted by molar-refractivity contribution is -0.120. The molecule has 0 saturated heterocycles. The smallest absolute Gasteiger partial charge is 0.234 e. The number of amides is 1. The predicted molar refractivity (Wildman–Crippen MR) is 79.0 cm³/mol. The molecule has 0 aliphatic rings. The summed E-state index contributed by atoms with van der Waals surface area (Å²) in [5, 5.41) is 5.98. The number of carbonyl (C=O) groups excluding carboxylic acids is 1. The van der Waals surface area contributed by atoms with Crippen LogP contribution in [0.2, 0.25) is 0 Å². The summed E-state index contributed by atoms with van der Waals surface area (Å²) in [7, 11) is 0. The Morgan fingerprint density at radius 1 is 1.05 bits per heavy atom. The van der Waals surface area contributed by atoms with Gasteiger partial charge in [-0.3, -0.25) is 9.78 Å². The van der Waals surface area contributed by atoms with Crippen LogP contribution in [0.25, 0.3) is 0 Å². The molecule has 0 aliphatic heterocycles. The number of aromatic nitrogens is 1. The molecule has 104 valence electrons. The van der Waals surface area contributed by atoms with Crippen LogP contribution in [0.3, 0.4) is 0 Å². The summed E-state index contributed by atoms with van der Waals surface area (Å²) >= 11 is 0. The van der Waals surface area contributed by atoms with Gasteiger partial charge in [-0.05, 0) is 24.1 Å². The maximum atomic E-state index is 11.7. The Morgan fingerprint density at radius 2 is 1.85 bits per heavy atom. The van der Waals surface area contributed by atoms with E-state index in [0.29, 0.717) is 19.6 Å². The highest BCUT2D eigenvalue weighted by Gasteiger charge is 2.01. The minimum atomic E-state index is -0.00563. The van der Waals surface area contributed by atoms with E-state index in [4.69, 9.17) is 0 Å². The highest BCUT2D eigenvalue weighted by atomic mass is 16.1. The molecule has 2 rings (SSSR count). The van der Waals surface area contributed by atoms with Gasteiger partial charge in [0.25, 0.3) is 0 Å². The topological polar surface area (TPSA) is 54.0 Å². The zero-order valence-corrected chi connectivity index (χ0v) is 11.6. The van der Waals surface area contributed by atoms with E-state index < -0.39 is 0 Å². The Morgan fingerprint density at radius 3 is 2.55 bits per heavy atom. The van der Waals surface area contributed by atoms with Crippen molar-refractivity contribution in [2.75, 3.05) is 6.54 Å². The maximum Gasteiger partial charge on any atom is 0.234 e. The molecular formula is C16H19N3O. The second-order valence-corrected chi connectivity index (χ2v) is 4.67. The first-order valence-corrected chi connectivity index (χ1v) is 6.67. The van der Waals surface area contributed by atoms with Crippen molar-refractivity contribution in [2.24, 2.45) is 0 Å². The molecule has 0 spiro atoms. The molecule has 4 heteroatoms. The van der Waals surface area contributed by atoms with Crippen LogP contribution in [0, 0.1) is 6.92 Å². The molecule has 1 aromatic carbocycles. The van der Waals surface area contributed by atoms with E-state index in [-0.39, 0.29) is 5.91 Å². The van der Waals surface area contributed by atoms with Crippen LogP contribution in [0.15, 0.2) is 48.7 Å². The number of benzene rings is 1. The van der Waals surface area contributed by atoms with Crippen molar-refractivity contribution in [1.29, 1.82) is 0 Å². The third-order valence-corrected chi connectivity index (χ3v) is 2.92. The molecule has 0 atom stereocenters. The second-order valence-electron chi connectivity index (χ2n) is 4.67. The largest absolute Gasteiger partial charge is 0.351 e. The van der Waals surface area contributed by atoms with Gasteiger partial charge in [0.1, 0.15) is 0 Å². The summed E-state index contributed by atoms with van der Waals surface area (Å²) in [6.45, 7) is 3.47. The summed E-state index contributed by atoms with van der Waals surface area (Å²) in [4.78, 5) is 15.9. The monoisotopic (exact) mass is 269 g/mol. The van der Waals surface area contributed by atoms with Crippen molar-refractivity contribution >= 4 is 5.91 Å². The van der Waals surface area contributed by atoms with Gasteiger partial charge in [0.15, 0.2) is 0 Å². The quantitative estimate of drug-likeness (QED) is 0.840. The normalized spacial score (nSPS) is 10.2. The average Bonchev–Trinajstić information content (AvgIpc) is 2.48. The van der Waals surface area contributed by atoms with Gasteiger partial charge in [0.2, 0.25) is 5.91 Å². The summed E-state index contributed by atoms with van der Waals surface area (Å²) in [5.41, 5.74) is 3.17. The first-order valence-electron chi connectivity index (χ1n) is 6.67. The Bertz CT molecular complexity index is 537. The molecule has 1 heterocycles. The van der Waals surface area contributed by atoms with E-state index >= 15 is 0 Å². The fraction of sp³-hybridized carbons (Fsp3) is 0.250. The Labute approximate surface area is 119 Å². The molecule has 0 bridgehead atoms. The molecule has 0 fully saturated rings. The van der Waals surface area contributed by atoms with Crippen LogP contribution in [0.4, 0.5) is 0 Å². The number of hydrogen-bond donors (Lipinski definition) is 2. The van der Waals surface area contributed by atoms with Crippen LogP contribution < -0.4 is 10.6 Å². The van der Waals surface area contributed by atoms with Crippen molar-refractivity contribution in [3.8, 4) is 0 Å². The fourth-order valence-corrected chi connectivity index (χ4v) is 1.78. The standard InChI is InChI=1S/C16H19N3O/c1-13-7-8-15(11-18-13)9-17-12-16(20)19-10-14-5-3-2-4-6-14/h2-8,11,17H,9-10,12H2,1H3,(H,19,20). The summed E-state index contributed by atoms with van der Waals surface area (Å²) < 4.78 is 0. The Balaban J connectivity index is 1.66. The number of rotatable bonds is 6. The molecule has 0 radical (unpaired) electrons. The molecule has 0 unspecified atom stereocenters. The zero-order chi connectivity index (χ0) is 14.2. The Hall–Kier alpha value is -2.20. The maximum absolute atomic E-state index is 11.7. The molecule has 2 N–H and O–H groups in total. The van der Waals surface area contributed by atoms with Crippen molar-refractivity contribution in [3.63, 3.8) is 0 Å². The van der Waals surface area contributed by atoms with Gasteiger partial charge < -0.3 is 10.6 Å². The molecule has 4 nitrogen and oxygen atoms in total. The number of hydrogen-bond acceptors (Lipinski definition) is 3. The Kier molecular flexibility index (Phi) is 5.26. The van der Waals surface area contributed by atoms with Crippen LogP contribution in [0.5, 0.6) is 0 Å². The fourth-order valence-electron chi connectivity index (χ4n) is 1.78. The lowest BCUT2D eigenvalue weighted by Crippen LogP contribution is -2.33. The SMILES string of the molecule is Cc1ccc(CNCC(=O)NCc2ccccc2)cn1. The molecule has 20 heavy (non-hydrogen) atoms. The van der Waals surface area contributed by atoms with Crippen LogP contribution >= 0.6 is 0 Å². The van der Waals surface area contributed by atoms with Gasteiger partial charge in [-0.25, -0.2) is 0 Å². The van der Waals surface area contributed by atoms with Crippen molar-refractivity contribution < 1.29 is 4.79 Å². The van der Waals surface area contributed by atoms with Crippen molar-refractivity contribution in [3.05, 3.63) is 65.5 Å². The third-order valence-electron chi connectivity index (χ3n) is 2.92. The molecule has 0 saturated carbocycles. The van der Waals surface area contributed by atoms with E-state index in [0.717, 1.165) is 16.8 Å². The zero-order valence-electron chi connectivity index (χ0n) is 11.6. The number of pyridine rings is 1. The van der Waals surface area contributed by atoms with Crippen molar-refractivity contribution in [1.82, 2.24) is 15.6 Å². The summed E-state index contributed by atoms with van der Waals surface area (Å²) in [6.07, 6.45) is 1.82. The minimum Gasteiger partial charge on any atom is -0.351 e. The first kappa shape index (κ1) is 14.2. The molecular weight excluding hydrogens is 250 g/mol. The number of nitrogens with zero attached hydrogens (tertiary/aromatic N) is 1. The average molecular weight is 269 g/mol. The second kappa shape index (κ2) is 7.40. The van der Waals surface area contributed by atoms with E-state index in [1.54, 1.807) is 0 Å². The summed E-state index contributed by atoms with van der Waals surface area (Å²) in [6, 6.07) is 13.8. The number of aryl methyl sites for hydroxylation is 1. The van der Waals surface area contributed by atoms with Gasteiger partial charge in [-0.2, -0.15) is 0 Å². The van der Waals surface area contributed by atoms with Gasteiger partial charge in [0.05, 0.1) is 6.54 Å². The third kappa shape index (κ3) is 4.82. The molecule has 0 aliphatic carbocycles. The van der Waals surface area contributed by atoms with Crippen LogP contribution in [0.1, 0.15) is 16.8 Å². The van der Waals surface area contributed by atoms with Gasteiger partial charge in [0, 0.05) is 25.0 Å².